The Bertz CT molecular complexity index is 889. The molecule has 0 spiro atoms. The number of carbonyl (C=O) groups excluding carboxylic acids is 2. The first-order valence-corrected chi connectivity index (χ1v) is 10.7. The summed E-state index contributed by atoms with van der Waals surface area (Å²) in [6, 6.07) is 3.83. The Morgan fingerprint density at radius 1 is 1.24 bits per heavy atom. The van der Waals surface area contributed by atoms with E-state index in [0.29, 0.717) is 14.9 Å². The molecular weight excluding hydrogens is 461 g/mol. The maximum atomic E-state index is 12.5. The number of benzene rings is 1. The van der Waals surface area contributed by atoms with Crippen molar-refractivity contribution in [2.75, 3.05) is 0 Å². The molecule has 0 radical (unpaired) electrons. The van der Waals surface area contributed by atoms with Crippen LogP contribution in [0.1, 0.15) is 20.3 Å². The number of carboxylic acids is 1. The molecule has 2 aromatic rings. The average molecular weight is 478 g/mol. The van der Waals surface area contributed by atoms with Gasteiger partial charge < -0.3 is 10.4 Å². The number of carbonyl (C=O) groups is 3. The van der Waals surface area contributed by atoms with E-state index in [4.69, 9.17) is 28.3 Å². The molecule has 29 heavy (non-hydrogen) atoms. The Kier molecular flexibility index (Phi) is 8.75. The second-order valence-corrected chi connectivity index (χ2v) is 9.31. The molecule has 0 aliphatic carbocycles. The van der Waals surface area contributed by atoms with Crippen LogP contribution < -0.4 is 5.32 Å². The van der Waals surface area contributed by atoms with Crippen LogP contribution in [-0.2, 0) is 16.1 Å². The summed E-state index contributed by atoms with van der Waals surface area (Å²) in [5.74, 6) is -1.77. The highest BCUT2D eigenvalue weighted by molar-refractivity contribution is 8.14. The summed E-state index contributed by atoms with van der Waals surface area (Å²) in [6.07, 6.45) is -0.547. The number of thioether (sulfide) groups is 1. The van der Waals surface area contributed by atoms with Crippen molar-refractivity contribution >= 4 is 63.7 Å². The number of amides is 1. The average Bonchev–Trinajstić information content (AvgIpc) is 3.03. The molecule has 1 aromatic heterocycles. The van der Waals surface area contributed by atoms with Gasteiger partial charge in [0, 0.05) is 5.25 Å². The van der Waals surface area contributed by atoms with Crippen molar-refractivity contribution in [1.82, 2.24) is 25.5 Å². The molecule has 1 aromatic carbocycles. The minimum absolute atomic E-state index is 0.0104. The quantitative estimate of drug-likeness (QED) is 0.557. The third kappa shape index (κ3) is 7.50. The molecule has 13 heteroatoms. The second-order valence-electron chi connectivity index (χ2n) is 5.97. The van der Waals surface area contributed by atoms with E-state index in [-0.39, 0.29) is 17.0 Å². The van der Waals surface area contributed by atoms with Gasteiger partial charge in [0.15, 0.2) is 5.78 Å². The van der Waals surface area contributed by atoms with Crippen molar-refractivity contribution in [2.45, 2.75) is 48.2 Å². The highest BCUT2D eigenvalue weighted by Crippen LogP contribution is 2.36. The zero-order valence-electron chi connectivity index (χ0n) is 15.3. The minimum Gasteiger partial charge on any atom is -0.481 e. The smallest absolute Gasteiger partial charge is 0.305 e. The van der Waals surface area contributed by atoms with E-state index in [2.05, 4.69) is 20.7 Å². The minimum atomic E-state index is -1.21. The van der Waals surface area contributed by atoms with E-state index in [0.717, 1.165) is 28.3 Å². The summed E-state index contributed by atoms with van der Waals surface area (Å²) in [4.78, 5) is 37.0. The van der Waals surface area contributed by atoms with Crippen LogP contribution >= 0.6 is 46.7 Å². The van der Waals surface area contributed by atoms with E-state index >= 15 is 0 Å². The molecule has 0 aliphatic heterocycles. The van der Waals surface area contributed by atoms with Gasteiger partial charge in [0.1, 0.15) is 12.6 Å². The number of nitrogens with zero attached hydrogens (tertiary/aromatic N) is 4. The molecule has 1 amide bonds. The summed E-state index contributed by atoms with van der Waals surface area (Å²) in [5.41, 5.74) is 0. The van der Waals surface area contributed by atoms with Crippen molar-refractivity contribution in [3.05, 3.63) is 28.2 Å². The van der Waals surface area contributed by atoms with Crippen molar-refractivity contribution in [2.24, 2.45) is 0 Å². The zero-order valence-corrected chi connectivity index (χ0v) is 18.5. The molecule has 0 fully saturated rings. The molecule has 156 valence electrons. The van der Waals surface area contributed by atoms with Gasteiger partial charge in [-0.15, -0.1) is 10.2 Å². The predicted molar refractivity (Wildman–Crippen MR) is 111 cm³/mol. The fraction of sp³-hybridized carbons (Fsp3) is 0.375. The number of carboxylic acid groups (broad SMARTS) is 1. The molecular formula is C16H17Cl2N5O4S2. The lowest BCUT2D eigenvalue weighted by molar-refractivity contribution is -0.139. The lowest BCUT2D eigenvalue weighted by Gasteiger charge is -2.15. The van der Waals surface area contributed by atoms with Crippen LogP contribution in [0.3, 0.4) is 0 Å². The number of hydrogen-bond donors (Lipinski definition) is 2. The fourth-order valence-electron chi connectivity index (χ4n) is 2.07. The Morgan fingerprint density at radius 3 is 2.48 bits per heavy atom. The van der Waals surface area contributed by atoms with Gasteiger partial charge in [0.2, 0.25) is 5.16 Å². The molecule has 1 atom stereocenters. The molecule has 0 saturated carbocycles. The second kappa shape index (κ2) is 10.8. The van der Waals surface area contributed by atoms with Crippen molar-refractivity contribution in [3.8, 4) is 0 Å². The van der Waals surface area contributed by atoms with Crippen molar-refractivity contribution in [1.29, 1.82) is 0 Å². The van der Waals surface area contributed by atoms with Crippen LogP contribution in [0.15, 0.2) is 28.3 Å². The van der Waals surface area contributed by atoms with E-state index in [9.17, 15) is 14.4 Å². The molecule has 2 N–H and O–H groups in total. The third-order valence-corrected chi connectivity index (χ3v) is 5.89. The summed E-state index contributed by atoms with van der Waals surface area (Å²) >= 11 is 14.3. The summed E-state index contributed by atoms with van der Waals surface area (Å²) in [6.45, 7) is 3.26. The largest absolute Gasteiger partial charge is 0.481 e. The van der Waals surface area contributed by atoms with Crippen LogP contribution in [0, 0.1) is 0 Å². The van der Waals surface area contributed by atoms with Crippen LogP contribution in [0.5, 0.6) is 0 Å². The number of hydrogen-bond acceptors (Lipinski definition) is 8. The van der Waals surface area contributed by atoms with E-state index in [1.54, 1.807) is 18.2 Å². The first kappa shape index (κ1) is 23.5. The molecule has 0 bridgehead atoms. The Labute approximate surface area is 184 Å². The van der Waals surface area contributed by atoms with Gasteiger partial charge in [-0.3, -0.25) is 14.4 Å². The summed E-state index contributed by atoms with van der Waals surface area (Å²) in [7, 11) is 0. The van der Waals surface area contributed by atoms with Crippen molar-refractivity contribution in [3.63, 3.8) is 0 Å². The highest BCUT2D eigenvalue weighted by atomic mass is 35.5. The lowest BCUT2D eigenvalue weighted by Crippen LogP contribution is -2.42. The molecule has 0 aliphatic rings. The van der Waals surface area contributed by atoms with E-state index in [1.807, 2.05) is 13.8 Å². The van der Waals surface area contributed by atoms with Crippen LogP contribution in [0.25, 0.3) is 0 Å². The number of Topliss-reactive ketones (excluding diaryl/α,β-unsaturated/α-hetero) is 1. The van der Waals surface area contributed by atoms with E-state index in [1.165, 1.54) is 0 Å². The maximum absolute atomic E-state index is 12.5. The Balaban J connectivity index is 2.06. The Morgan fingerprint density at radius 2 is 1.90 bits per heavy atom. The number of nitrogens with one attached hydrogen (secondary N) is 1. The summed E-state index contributed by atoms with van der Waals surface area (Å²) < 4.78 is 0. The number of ketones is 1. The normalized spacial score (nSPS) is 12.0. The topological polar surface area (TPSA) is 127 Å². The van der Waals surface area contributed by atoms with Crippen LogP contribution in [0.2, 0.25) is 10.0 Å². The molecule has 1 heterocycles. The SMILES string of the molecule is CC(C)SC(=O)NC(CC(=O)O)C(=O)Cn1nnc(Sc2c(Cl)cccc2Cl)n1. The van der Waals surface area contributed by atoms with Crippen molar-refractivity contribution < 1.29 is 19.5 Å². The van der Waals surface area contributed by atoms with Gasteiger partial charge in [-0.1, -0.05) is 54.9 Å². The molecule has 0 saturated heterocycles. The highest BCUT2D eigenvalue weighted by Gasteiger charge is 2.25. The number of tetrazole rings is 1. The number of aliphatic carboxylic acids is 1. The Hall–Kier alpha value is -1.82. The van der Waals surface area contributed by atoms with Gasteiger partial charge in [0.05, 0.1) is 21.4 Å². The van der Waals surface area contributed by atoms with Gasteiger partial charge in [-0.05, 0) is 29.1 Å². The fourth-order valence-corrected chi connectivity index (χ4v) is 4.06. The standard InChI is InChI=1S/C16H17Cl2N5O4S2/c1-8(2)28-16(27)19-11(6-13(25)26)12(24)7-23-21-15(20-22-23)29-14-9(17)4-3-5-10(14)18/h3-5,8,11H,6-7H2,1-2H3,(H,19,27)(H,25,26). The van der Waals surface area contributed by atoms with Crippen LogP contribution in [-0.4, -0.2) is 53.6 Å². The number of aromatic nitrogens is 4. The molecule has 9 nitrogen and oxygen atoms in total. The summed E-state index contributed by atoms with van der Waals surface area (Å²) in [5, 5.41) is 23.7. The lowest BCUT2D eigenvalue weighted by atomic mass is 10.1. The van der Waals surface area contributed by atoms with Gasteiger partial charge >= 0.3 is 5.97 Å². The zero-order chi connectivity index (χ0) is 21.6. The van der Waals surface area contributed by atoms with Gasteiger partial charge in [-0.25, -0.2) is 0 Å². The van der Waals surface area contributed by atoms with Crippen LogP contribution in [0.4, 0.5) is 4.79 Å². The first-order chi connectivity index (χ1) is 13.7. The monoisotopic (exact) mass is 477 g/mol. The van der Waals surface area contributed by atoms with Gasteiger partial charge in [-0.2, -0.15) is 4.80 Å². The number of halogens is 2. The third-order valence-electron chi connectivity index (χ3n) is 3.25. The van der Waals surface area contributed by atoms with E-state index < -0.39 is 29.5 Å². The number of rotatable bonds is 9. The molecule has 2 rings (SSSR count). The maximum Gasteiger partial charge on any atom is 0.305 e. The predicted octanol–water partition coefficient (Wildman–Crippen LogP) is 3.39. The molecule has 1 unspecified atom stereocenters. The first-order valence-electron chi connectivity index (χ1n) is 8.27. The van der Waals surface area contributed by atoms with Gasteiger partial charge in [0.25, 0.3) is 5.24 Å².